The lowest BCUT2D eigenvalue weighted by molar-refractivity contribution is 0.0678. The summed E-state index contributed by atoms with van der Waals surface area (Å²) in [5, 5.41) is 4.12. The van der Waals surface area contributed by atoms with Crippen molar-refractivity contribution in [1.29, 1.82) is 0 Å². The van der Waals surface area contributed by atoms with Crippen LogP contribution in [0, 0.1) is 0 Å². The summed E-state index contributed by atoms with van der Waals surface area (Å²) in [6.07, 6.45) is 5.96. The largest absolute Gasteiger partial charge is 0.491 e. The third-order valence-corrected chi connectivity index (χ3v) is 4.07. The van der Waals surface area contributed by atoms with Crippen LogP contribution in [-0.4, -0.2) is 47.0 Å². The number of rotatable bonds is 6. The maximum atomic E-state index is 12.6. The smallest absolute Gasteiger partial charge is 0.254 e. The van der Waals surface area contributed by atoms with Crippen LogP contribution in [0.2, 0.25) is 0 Å². The van der Waals surface area contributed by atoms with E-state index >= 15 is 0 Å². The van der Waals surface area contributed by atoms with Crippen LogP contribution in [0.5, 0.6) is 5.75 Å². The van der Waals surface area contributed by atoms with Gasteiger partial charge in [-0.25, -0.2) is 0 Å². The maximum absolute atomic E-state index is 12.6. The average Bonchev–Trinajstić information content (AvgIpc) is 3.24. The molecule has 0 N–H and O–H groups in total. The second-order valence-corrected chi connectivity index (χ2v) is 6.16. The van der Waals surface area contributed by atoms with E-state index in [4.69, 9.17) is 9.47 Å². The van der Waals surface area contributed by atoms with E-state index in [2.05, 4.69) is 5.10 Å². The van der Waals surface area contributed by atoms with Gasteiger partial charge in [0.1, 0.15) is 12.4 Å². The molecule has 3 rings (SSSR count). The first-order valence-electron chi connectivity index (χ1n) is 8.19. The molecule has 0 saturated carbocycles. The van der Waals surface area contributed by atoms with E-state index in [0.29, 0.717) is 24.5 Å². The first-order valence-corrected chi connectivity index (χ1v) is 8.19. The highest BCUT2D eigenvalue weighted by atomic mass is 16.5. The summed E-state index contributed by atoms with van der Waals surface area (Å²) in [6.45, 7) is 1.86. The van der Waals surface area contributed by atoms with Crippen molar-refractivity contribution in [2.24, 2.45) is 7.05 Å². The Morgan fingerprint density at radius 3 is 3.08 bits per heavy atom. The number of carbonyl (C=O) groups is 1. The second kappa shape index (κ2) is 7.49. The Morgan fingerprint density at radius 2 is 2.38 bits per heavy atom. The van der Waals surface area contributed by atoms with E-state index in [9.17, 15) is 4.79 Å². The molecule has 1 aliphatic rings. The molecule has 1 fully saturated rings. The molecule has 0 aliphatic carbocycles. The van der Waals surface area contributed by atoms with E-state index in [1.54, 1.807) is 35.0 Å². The quantitative estimate of drug-likeness (QED) is 0.816. The van der Waals surface area contributed by atoms with Crippen LogP contribution in [0.4, 0.5) is 0 Å². The first kappa shape index (κ1) is 16.5. The highest BCUT2D eigenvalue weighted by molar-refractivity contribution is 5.94. The summed E-state index contributed by atoms with van der Waals surface area (Å²) < 4.78 is 13.1. The highest BCUT2D eigenvalue weighted by Gasteiger charge is 2.17. The third-order valence-electron chi connectivity index (χ3n) is 4.07. The van der Waals surface area contributed by atoms with Gasteiger partial charge in [-0.1, -0.05) is 6.07 Å². The third kappa shape index (κ3) is 4.14. The minimum Gasteiger partial charge on any atom is -0.491 e. The molecule has 0 spiro atoms. The van der Waals surface area contributed by atoms with Crippen LogP contribution in [0.3, 0.4) is 0 Å². The van der Waals surface area contributed by atoms with Crippen molar-refractivity contribution in [2.75, 3.05) is 20.3 Å². The van der Waals surface area contributed by atoms with Gasteiger partial charge in [-0.05, 0) is 31.0 Å². The monoisotopic (exact) mass is 329 g/mol. The maximum Gasteiger partial charge on any atom is 0.254 e. The average molecular weight is 329 g/mol. The number of carbonyl (C=O) groups excluding carboxylic acids is 1. The van der Waals surface area contributed by atoms with Gasteiger partial charge >= 0.3 is 0 Å². The lowest BCUT2D eigenvalue weighted by atomic mass is 10.2. The fraction of sp³-hybridized carbons (Fsp3) is 0.444. The zero-order valence-corrected chi connectivity index (χ0v) is 14.1. The first-order chi connectivity index (χ1) is 11.6. The van der Waals surface area contributed by atoms with E-state index < -0.39 is 0 Å². The Balaban J connectivity index is 1.60. The molecule has 6 heteroatoms. The lowest BCUT2D eigenvalue weighted by Gasteiger charge is -2.17. The van der Waals surface area contributed by atoms with E-state index in [0.717, 1.165) is 25.0 Å². The molecule has 6 nitrogen and oxygen atoms in total. The van der Waals surface area contributed by atoms with E-state index in [1.165, 1.54) is 0 Å². The summed E-state index contributed by atoms with van der Waals surface area (Å²) in [5.41, 5.74) is 1.62. The van der Waals surface area contributed by atoms with Gasteiger partial charge in [0, 0.05) is 44.6 Å². The normalized spacial score (nSPS) is 17.0. The number of nitrogens with zero attached hydrogens (tertiary/aromatic N) is 3. The van der Waals surface area contributed by atoms with Crippen LogP contribution in [0.25, 0.3) is 0 Å². The molecule has 1 atom stereocenters. The Labute approximate surface area is 142 Å². The predicted molar refractivity (Wildman–Crippen MR) is 89.9 cm³/mol. The number of amides is 1. The van der Waals surface area contributed by atoms with Crippen LogP contribution < -0.4 is 4.74 Å². The van der Waals surface area contributed by atoms with E-state index in [-0.39, 0.29) is 12.0 Å². The van der Waals surface area contributed by atoms with Crippen molar-refractivity contribution < 1.29 is 14.3 Å². The zero-order valence-electron chi connectivity index (χ0n) is 14.1. The summed E-state index contributed by atoms with van der Waals surface area (Å²) in [7, 11) is 3.65. The number of hydrogen-bond acceptors (Lipinski definition) is 4. The number of ether oxygens (including phenoxy) is 2. The topological polar surface area (TPSA) is 56.6 Å². The molecule has 0 bridgehead atoms. The van der Waals surface area contributed by atoms with Gasteiger partial charge in [0.2, 0.25) is 0 Å². The zero-order chi connectivity index (χ0) is 16.9. The van der Waals surface area contributed by atoms with Gasteiger partial charge in [0.15, 0.2) is 0 Å². The minimum atomic E-state index is -0.0404. The molecule has 24 heavy (non-hydrogen) atoms. The lowest BCUT2D eigenvalue weighted by Crippen LogP contribution is -2.26. The Morgan fingerprint density at radius 1 is 1.50 bits per heavy atom. The molecule has 1 aromatic heterocycles. The molecule has 2 aromatic rings. The summed E-state index contributed by atoms with van der Waals surface area (Å²) in [5.74, 6) is 0.660. The molecule has 1 saturated heterocycles. The molecule has 1 unspecified atom stereocenters. The Kier molecular flexibility index (Phi) is 5.15. The molecule has 1 aromatic carbocycles. The molecule has 0 radical (unpaired) electrons. The van der Waals surface area contributed by atoms with Crippen molar-refractivity contribution in [3.63, 3.8) is 0 Å². The van der Waals surface area contributed by atoms with Crippen LogP contribution in [-0.2, 0) is 18.3 Å². The highest BCUT2D eigenvalue weighted by Crippen LogP contribution is 2.18. The summed E-state index contributed by atoms with van der Waals surface area (Å²) in [4.78, 5) is 14.3. The van der Waals surface area contributed by atoms with Crippen molar-refractivity contribution in [2.45, 2.75) is 25.5 Å². The minimum absolute atomic E-state index is 0.0404. The molecular formula is C18H23N3O3. The fourth-order valence-electron chi connectivity index (χ4n) is 2.80. The Hall–Kier alpha value is -2.34. The number of benzene rings is 1. The number of aryl methyl sites for hydroxylation is 1. The van der Waals surface area contributed by atoms with Crippen molar-refractivity contribution in [3.8, 4) is 5.75 Å². The molecule has 2 heterocycles. The SMILES string of the molecule is CN(Cc1cnn(C)c1)C(=O)c1cccc(OCC2CCCO2)c1. The molecule has 1 aliphatic heterocycles. The van der Waals surface area contributed by atoms with Gasteiger partial charge < -0.3 is 14.4 Å². The number of hydrogen-bond donors (Lipinski definition) is 0. The van der Waals surface area contributed by atoms with Crippen molar-refractivity contribution in [3.05, 3.63) is 47.8 Å². The summed E-state index contributed by atoms with van der Waals surface area (Å²) in [6, 6.07) is 7.31. The molecule has 128 valence electrons. The molecular weight excluding hydrogens is 306 g/mol. The van der Waals surface area contributed by atoms with Gasteiger partial charge in [0.05, 0.1) is 12.3 Å². The van der Waals surface area contributed by atoms with Gasteiger partial charge in [-0.15, -0.1) is 0 Å². The van der Waals surface area contributed by atoms with Gasteiger partial charge in [-0.2, -0.15) is 5.10 Å². The predicted octanol–water partition coefficient (Wildman–Crippen LogP) is 2.25. The van der Waals surface area contributed by atoms with Crippen molar-refractivity contribution >= 4 is 5.91 Å². The second-order valence-electron chi connectivity index (χ2n) is 6.16. The van der Waals surface area contributed by atoms with Gasteiger partial charge in [0.25, 0.3) is 5.91 Å². The Bertz CT molecular complexity index is 692. The van der Waals surface area contributed by atoms with Crippen molar-refractivity contribution in [1.82, 2.24) is 14.7 Å². The van der Waals surface area contributed by atoms with Crippen LogP contribution in [0.1, 0.15) is 28.8 Å². The van der Waals surface area contributed by atoms with Crippen LogP contribution >= 0.6 is 0 Å². The standard InChI is InChI=1S/C18H23N3O3/c1-20(11-14-10-19-21(2)12-14)18(22)15-5-3-6-16(9-15)24-13-17-7-4-8-23-17/h3,5-6,9-10,12,17H,4,7-8,11,13H2,1-2H3. The van der Waals surface area contributed by atoms with E-state index in [1.807, 2.05) is 25.4 Å². The van der Waals surface area contributed by atoms with Crippen LogP contribution in [0.15, 0.2) is 36.7 Å². The molecule has 1 amide bonds. The number of aromatic nitrogens is 2. The summed E-state index contributed by atoms with van der Waals surface area (Å²) >= 11 is 0. The van der Waals surface area contributed by atoms with Gasteiger partial charge in [-0.3, -0.25) is 9.48 Å². The fourth-order valence-corrected chi connectivity index (χ4v) is 2.80.